The second-order valence-corrected chi connectivity index (χ2v) is 6.84. The fourth-order valence-corrected chi connectivity index (χ4v) is 3.22. The molecule has 1 atom stereocenters. The lowest BCUT2D eigenvalue weighted by Crippen LogP contribution is -2.30. The highest BCUT2D eigenvalue weighted by atomic mass is 16.5. The van der Waals surface area contributed by atoms with Crippen LogP contribution in [0.2, 0.25) is 0 Å². The maximum Gasteiger partial charge on any atom is 0.222 e. The topological polar surface area (TPSA) is 42.4 Å². The molecule has 1 aliphatic rings. The second kappa shape index (κ2) is 8.15. The monoisotopic (exact) mass is 338 g/mol. The van der Waals surface area contributed by atoms with Gasteiger partial charge in [0.25, 0.3) is 0 Å². The standard InChI is InChI=1S/C21H26N2O2/c1-23(14-11-16-9-12-22-13-10-16)21(24)15-20(17-3-4-17)18-5-7-19(25-2)8-6-18/h5-10,12-13,17,20H,3-4,11,14-15H2,1-2H3. The van der Waals surface area contributed by atoms with Gasteiger partial charge < -0.3 is 9.64 Å². The van der Waals surface area contributed by atoms with E-state index >= 15 is 0 Å². The van der Waals surface area contributed by atoms with Crippen molar-refractivity contribution >= 4 is 5.91 Å². The van der Waals surface area contributed by atoms with Gasteiger partial charge in [-0.2, -0.15) is 0 Å². The van der Waals surface area contributed by atoms with Gasteiger partial charge in [-0.15, -0.1) is 0 Å². The van der Waals surface area contributed by atoms with Crippen LogP contribution in [0.15, 0.2) is 48.8 Å². The van der Waals surface area contributed by atoms with E-state index in [4.69, 9.17) is 4.74 Å². The molecule has 1 unspecified atom stereocenters. The quantitative estimate of drug-likeness (QED) is 0.737. The number of hydrogen-bond donors (Lipinski definition) is 0. The first-order valence-corrected chi connectivity index (χ1v) is 8.94. The van der Waals surface area contributed by atoms with Crippen LogP contribution in [0.1, 0.15) is 36.3 Å². The van der Waals surface area contributed by atoms with Gasteiger partial charge in [0.15, 0.2) is 0 Å². The van der Waals surface area contributed by atoms with Crippen LogP contribution in [0.5, 0.6) is 5.75 Å². The molecule has 1 heterocycles. The number of benzene rings is 1. The van der Waals surface area contributed by atoms with Crippen LogP contribution in [0.4, 0.5) is 0 Å². The van der Waals surface area contributed by atoms with E-state index in [0.717, 1.165) is 18.7 Å². The zero-order chi connectivity index (χ0) is 17.6. The van der Waals surface area contributed by atoms with Crippen molar-refractivity contribution in [1.82, 2.24) is 9.88 Å². The maximum atomic E-state index is 12.7. The van der Waals surface area contributed by atoms with Gasteiger partial charge in [0.05, 0.1) is 7.11 Å². The summed E-state index contributed by atoms with van der Waals surface area (Å²) in [4.78, 5) is 18.6. The Morgan fingerprint density at radius 2 is 1.88 bits per heavy atom. The Balaban J connectivity index is 1.58. The van der Waals surface area contributed by atoms with Crippen molar-refractivity contribution in [3.63, 3.8) is 0 Å². The zero-order valence-electron chi connectivity index (χ0n) is 15.0. The van der Waals surface area contributed by atoms with Gasteiger partial charge in [-0.3, -0.25) is 9.78 Å². The molecule has 4 heteroatoms. The Morgan fingerprint density at radius 3 is 2.48 bits per heavy atom. The third kappa shape index (κ3) is 4.81. The minimum absolute atomic E-state index is 0.224. The highest BCUT2D eigenvalue weighted by Gasteiger charge is 2.34. The highest BCUT2D eigenvalue weighted by molar-refractivity contribution is 5.77. The van der Waals surface area contributed by atoms with E-state index in [0.29, 0.717) is 18.3 Å². The van der Waals surface area contributed by atoms with Gasteiger partial charge in [-0.1, -0.05) is 12.1 Å². The number of hydrogen-bond acceptors (Lipinski definition) is 3. The van der Waals surface area contributed by atoms with Crippen LogP contribution >= 0.6 is 0 Å². The van der Waals surface area contributed by atoms with Gasteiger partial charge in [0.1, 0.15) is 5.75 Å². The summed E-state index contributed by atoms with van der Waals surface area (Å²) in [6, 6.07) is 12.2. The Morgan fingerprint density at radius 1 is 1.20 bits per heavy atom. The zero-order valence-corrected chi connectivity index (χ0v) is 15.0. The number of pyridine rings is 1. The summed E-state index contributed by atoms with van der Waals surface area (Å²) in [5.41, 5.74) is 2.46. The van der Waals surface area contributed by atoms with E-state index in [2.05, 4.69) is 17.1 Å². The van der Waals surface area contributed by atoms with Crippen molar-refractivity contribution in [3.8, 4) is 5.75 Å². The number of amides is 1. The van der Waals surface area contributed by atoms with Gasteiger partial charge in [0, 0.05) is 32.4 Å². The Labute approximate surface area is 149 Å². The molecule has 3 rings (SSSR count). The van der Waals surface area contributed by atoms with Crippen molar-refractivity contribution in [3.05, 3.63) is 59.9 Å². The van der Waals surface area contributed by atoms with Crippen LogP contribution in [-0.4, -0.2) is 36.5 Å². The van der Waals surface area contributed by atoms with E-state index in [-0.39, 0.29) is 5.91 Å². The van der Waals surface area contributed by atoms with Crippen molar-refractivity contribution in [1.29, 1.82) is 0 Å². The average Bonchev–Trinajstić information content (AvgIpc) is 3.50. The molecule has 0 saturated heterocycles. The first-order valence-electron chi connectivity index (χ1n) is 8.94. The number of ether oxygens (including phenoxy) is 1. The third-order valence-corrected chi connectivity index (χ3v) is 5.04. The van der Waals surface area contributed by atoms with Crippen LogP contribution in [-0.2, 0) is 11.2 Å². The van der Waals surface area contributed by atoms with E-state index in [1.807, 2.05) is 36.2 Å². The molecule has 0 N–H and O–H groups in total. The van der Waals surface area contributed by atoms with E-state index in [9.17, 15) is 4.79 Å². The summed E-state index contributed by atoms with van der Waals surface area (Å²) < 4.78 is 5.24. The van der Waals surface area contributed by atoms with Gasteiger partial charge in [-0.05, 0) is 66.5 Å². The summed E-state index contributed by atoms with van der Waals surface area (Å²) in [7, 11) is 3.58. The molecule has 1 saturated carbocycles. The molecular weight excluding hydrogens is 312 g/mol. The SMILES string of the molecule is COc1ccc(C(CC(=O)N(C)CCc2ccncc2)C2CC2)cc1. The molecule has 25 heavy (non-hydrogen) atoms. The first kappa shape index (κ1) is 17.5. The molecule has 0 bridgehead atoms. The van der Waals surface area contributed by atoms with Crippen molar-refractivity contribution in [2.75, 3.05) is 20.7 Å². The molecule has 132 valence electrons. The van der Waals surface area contributed by atoms with Crippen molar-refractivity contribution in [2.24, 2.45) is 5.92 Å². The Bertz CT molecular complexity index is 681. The number of methoxy groups -OCH3 is 1. The van der Waals surface area contributed by atoms with Crippen molar-refractivity contribution < 1.29 is 9.53 Å². The van der Waals surface area contributed by atoms with Crippen LogP contribution in [0.25, 0.3) is 0 Å². The van der Waals surface area contributed by atoms with Crippen LogP contribution in [0.3, 0.4) is 0 Å². The van der Waals surface area contributed by atoms with Crippen LogP contribution in [0, 0.1) is 5.92 Å². The molecule has 0 aliphatic heterocycles. The average molecular weight is 338 g/mol. The normalized spacial score (nSPS) is 14.8. The minimum Gasteiger partial charge on any atom is -0.497 e. The van der Waals surface area contributed by atoms with Crippen LogP contribution < -0.4 is 4.74 Å². The summed E-state index contributed by atoms with van der Waals surface area (Å²) in [6.45, 7) is 0.739. The number of nitrogens with zero attached hydrogens (tertiary/aromatic N) is 2. The predicted molar refractivity (Wildman–Crippen MR) is 98.7 cm³/mol. The molecule has 2 aromatic rings. The minimum atomic E-state index is 0.224. The smallest absolute Gasteiger partial charge is 0.222 e. The molecule has 1 fully saturated rings. The van der Waals surface area contributed by atoms with E-state index < -0.39 is 0 Å². The third-order valence-electron chi connectivity index (χ3n) is 5.04. The molecule has 4 nitrogen and oxygen atoms in total. The van der Waals surface area contributed by atoms with Gasteiger partial charge in [0.2, 0.25) is 5.91 Å². The largest absolute Gasteiger partial charge is 0.497 e. The second-order valence-electron chi connectivity index (χ2n) is 6.84. The summed E-state index contributed by atoms with van der Waals surface area (Å²) in [6.07, 6.45) is 7.49. The fraction of sp³-hybridized carbons (Fsp3) is 0.429. The molecule has 1 aromatic carbocycles. The maximum absolute atomic E-state index is 12.7. The number of aromatic nitrogens is 1. The fourth-order valence-electron chi connectivity index (χ4n) is 3.22. The highest BCUT2D eigenvalue weighted by Crippen LogP contribution is 2.45. The molecule has 0 radical (unpaired) electrons. The number of rotatable bonds is 8. The molecule has 0 spiro atoms. The lowest BCUT2D eigenvalue weighted by Gasteiger charge is -2.22. The van der Waals surface area contributed by atoms with Gasteiger partial charge in [-0.25, -0.2) is 0 Å². The molecule has 1 aliphatic carbocycles. The summed E-state index contributed by atoms with van der Waals surface area (Å²) >= 11 is 0. The van der Waals surface area contributed by atoms with Crippen molar-refractivity contribution in [2.45, 2.75) is 31.6 Å². The molecular formula is C21H26N2O2. The predicted octanol–water partition coefficient (Wildman–Crippen LogP) is 3.68. The molecule has 1 amide bonds. The molecule has 1 aromatic heterocycles. The lowest BCUT2D eigenvalue weighted by atomic mass is 9.90. The summed E-state index contributed by atoms with van der Waals surface area (Å²) in [5.74, 6) is 2.05. The number of carbonyl (C=O) groups excluding carboxylic acids is 1. The summed E-state index contributed by atoms with van der Waals surface area (Å²) in [5, 5.41) is 0. The Hall–Kier alpha value is -2.36. The first-order chi connectivity index (χ1) is 12.2. The Kier molecular flexibility index (Phi) is 5.69. The van der Waals surface area contributed by atoms with E-state index in [1.165, 1.54) is 24.0 Å². The van der Waals surface area contributed by atoms with E-state index in [1.54, 1.807) is 19.5 Å². The lowest BCUT2D eigenvalue weighted by molar-refractivity contribution is -0.130. The number of likely N-dealkylation sites (N-methyl/N-ethyl adjacent to an activating group) is 1. The number of carbonyl (C=O) groups is 1. The van der Waals surface area contributed by atoms with Gasteiger partial charge >= 0.3 is 0 Å².